The summed E-state index contributed by atoms with van der Waals surface area (Å²) in [7, 11) is 0. The molecule has 0 aliphatic carbocycles. The van der Waals surface area contributed by atoms with E-state index >= 15 is 0 Å². The predicted molar refractivity (Wildman–Crippen MR) is 70.1 cm³/mol. The standard InChI is InChI=1S/C13H18N2O3/c1-9(2)8-18-5-4-14-12-6-10(3)15-7-11(12)13(16)17/h6-7H,1,4-5,8H2,2-3H3,(H,14,15)(H,16,17). The fraction of sp³-hybridized carbons (Fsp3) is 0.385. The molecular formula is C13H18N2O3. The number of pyridine rings is 1. The van der Waals surface area contributed by atoms with E-state index in [4.69, 9.17) is 9.84 Å². The van der Waals surface area contributed by atoms with E-state index in [1.807, 2.05) is 13.8 Å². The smallest absolute Gasteiger partial charge is 0.339 e. The van der Waals surface area contributed by atoms with Crippen molar-refractivity contribution >= 4 is 11.7 Å². The number of rotatable bonds is 7. The average Bonchev–Trinajstić information content (AvgIpc) is 2.27. The molecule has 5 nitrogen and oxygen atoms in total. The molecule has 1 aromatic rings. The molecular weight excluding hydrogens is 232 g/mol. The van der Waals surface area contributed by atoms with Gasteiger partial charge < -0.3 is 15.2 Å². The Morgan fingerprint density at radius 2 is 2.33 bits per heavy atom. The SMILES string of the molecule is C=C(C)COCCNc1cc(C)ncc1C(=O)O. The van der Waals surface area contributed by atoms with Gasteiger partial charge in [-0.05, 0) is 19.9 Å². The molecule has 5 heteroatoms. The highest BCUT2D eigenvalue weighted by Crippen LogP contribution is 2.15. The maximum absolute atomic E-state index is 11.0. The van der Waals surface area contributed by atoms with Crippen LogP contribution in [0, 0.1) is 6.92 Å². The molecule has 0 fully saturated rings. The van der Waals surface area contributed by atoms with Crippen LogP contribution >= 0.6 is 0 Å². The van der Waals surface area contributed by atoms with Crippen LogP contribution in [0.25, 0.3) is 0 Å². The van der Waals surface area contributed by atoms with E-state index in [1.165, 1.54) is 6.20 Å². The Kier molecular flexibility index (Phi) is 5.32. The Bertz CT molecular complexity index is 444. The number of aromatic carboxylic acids is 1. The number of nitrogens with zero attached hydrogens (tertiary/aromatic N) is 1. The first-order valence-electron chi connectivity index (χ1n) is 5.66. The summed E-state index contributed by atoms with van der Waals surface area (Å²) < 4.78 is 5.32. The van der Waals surface area contributed by atoms with Crippen molar-refractivity contribution in [2.24, 2.45) is 0 Å². The molecule has 0 aromatic carbocycles. The highest BCUT2D eigenvalue weighted by molar-refractivity contribution is 5.93. The van der Waals surface area contributed by atoms with Gasteiger partial charge >= 0.3 is 5.97 Å². The van der Waals surface area contributed by atoms with E-state index in [0.717, 1.165) is 11.3 Å². The van der Waals surface area contributed by atoms with E-state index in [0.29, 0.717) is 25.4 Å². The van der Waals surface area contributed by atoms with E-state index in [1.54, 1.807) is 6.07 Å². The summed E-state index contributed by atoms with van der Waals surface area (Å²) in [6.07, 6.45) is 1.36. The number of nitrogens with one attached hydrogen (secondary N) is 1. The lowest BCUT2D eigenvalue weighted by atomic mass is 10.2. The molecule has 0 atom stereocenters. The van der Waals surface area contributed by atoms with Crippen LogP contribution in [-0.4, -0.2) is 35.8 Å². The van der Waals surface area contributed by atoms with Crippen LogP contribution in [0.1, 0.15) is 23.0 Å². The number of carboxylic acids is 1. The third kappa shape index (κ3) is 4.55. The monoisotopic (exact) mass is 250 g/mol. The molecule has 0 aliphatic rings. The van der Waals surface area contributed by atoms with Crippen molar-refractivity contribution in [2.75, 3.05) is 25.1 Å². The van der Waals surface area contributed by atoms with Gasteiger partial charge in [0.25, 0.3) is 0 Å². The lowest BCUT2D eigenvalue weighted by Gasteiger charge is -2.10. The van der Waals surface area contributed by atoms with Gasteiger partial charge in [-0.25, -0.2) is 4.79 Å². The number of carboxylic acid groups (broad SMARTS) is 1. The fourth-order valence-electron chi connectivity index (χ4n) is 1.38. The quantitative estimate of drug-likeness (QED) is 0.572. The van der Waals surface area contributed by atoms with Gasteiger partial charge in [-0.15, -0.1) is 0 Å². The van der Waals surface area contributed by atoms with Crippen LogP contribution < -0.4 is 5.32 Å². The number of hydrogen-bond acceptors (Lipinski definition) is 4. The van der Waals surface area contributed by atoms with Gasteiger partial charge in [0.2, 0.25) is 0 Å². The summed E-state index contributed by atoms with van der Waals surface area (Å²) >= 11 is 0. The summed E-state index contributed by atoms with van der Waals surface area (Å²) in [5, 5.41) is 12.0. The maximum Gasteiger partial charge on any atom is 0.339 e. The molecule has 0 radical (unpaired) electrons. The molecule has 1 heterocycles. The second-order valence-corrected chi connectivity index (χ2v) is 4.11. The van der Waals surface area contributed by atoms with Gasteiger partial charge in [-0.3, -0.25) is 4.98 Å². The summed E-state index contributed by atoms with van der Waals surface area (Å²) in [6, 6.07) is 1.71. The minimum atomic E-state index is -0.993. The number of ether oxygens (including phenoxy) is 1. The van der Waals surface area contributed by atoms with Crippen molar-refractivity contribution in [3.8, 4) is 0 Å². The van der Waals surface area contributed by atoms with Gasteiger partial charge in [-0.2, -0.15) is 0 Å². The molecule has 0 spiro atoms. The van der Waals surface area contributed by atoms with Crippen molar-refractivity contribution in [2.45, 2.75) is 13.8 Å². The van der Waals surface area contributed by atoms with Crippen LogP contribution in [0.15, 0.2) is 24.4 Å². The fourth-order valence-corrected chi connectivity index (χ4v) is 1.38. The van der Waals surface area contributed by atoms with Gasteiger partial charge in [0, 0.05) is 18.4 Å². The minimum absolute atomic E-state index is 0.167. The molecule has 0 saturated carbocycles. The van der Waals surface area contributed by atoms with E-state index < -0.39 is 5.97 Å². The lowest BCUT2D eigenvalue weighted by Crippen LogP contribution is -2.13. The number of aryl methyl sites for hydroxylation is 1. The molecule has 0 aliphatic heterocycles. The van der Waals surface area contributed by atoms with Crippen LogP contribution in [0.2, 0.25) is 0 Å². The van der Waals surface area contributed by atoms with Crippen molar-refractivity contribution < 1.29 is 14.6 Å². The first kappa shape index (κ1) is 14.2. The normalized spacial score (nSPS) is 10.1. The molecule has 2 N–H and O–H groups in total. The van der Waals surface area contributed by atoms with E-state index in [2.05, 4.69) is 16.9 Å². The van der Waals surface area contributed by atoms with Gasteiger partial charge in [-0.1, -0.05) is 12.2 Å². The Morgan fingerprint density at radius 3 is 2.94 bits per heavy atom. The van der Waals surface area contributed by atoms with Crippen molar-refractivity contribution in [1.82, 2.24) is 4.98 Å². The lowest BCUT2D eigenvalue weighted by molar-refractivity contribution is 0.0697. The Hall–Kier alpha value is -1.88. The van der Waals surface area contributed by atoms with Crippen LogP contribution in [0.3, 0.4) is 0 Å². The van der Waals surface area contributed by atoms with Crippen molar-refractivity contribution in [3.05, 3.63) is 35.7 Å². The number of hydrogen-bond donors (Lipinski definition) is 2. The topological polar surface area (TPSA) is 71.5 Å². The Labute approximate surface area is 107 Å². The summed E-state index contributed by atoms with van der Waals surface area (Å²) in [6.45, 7) is 8.98. The van der Waals surface area contributed by atoms with Gasteiger partial charge in [0.05, 0.1) is 18.9 Å². The summed E-state index contributed by atoms with van der Waals surface area (Å²) in [4.78, 5) is 15.0. The van der Waals surface area contributed by atoms with Gasteiger partial charge in [0.1, 0.15) is 5.56 Å². The van der Waals surface area contributed by atoms with Crippen LogP contribution in [-0.2, 0) is 4.74 Å². The first-order chi connectivity index (χ1) is 8.50. The van der Waals surface area contributed by atoms with Crippen molar-refractivity contribution in [3.63, 3.8) is 0 Å². The summed E-state index contributed by atoms with van der Waals surface area (Å²) in [5.74, 6) is -0.993. The molecule has 1 aromatic heterocycles. The highest BCUT2D eigenvalue weighted by Gasteiger charge is 2.10. The Morgan fingerprint density at radius 1 is 1.61 bits per heavy atom. The zero-order chi connectivity index (χ0) is 13.5. The van der Waals surface area contributed by atoms with Crippen LogP contribution in [0.5, 0.6) is 0 Å². The zero-order valence-electron chi connectivity index (χ0n) is 10.7. The number of anilines is 1. The molecule has 0 amide bonds. The average molecular weight is 250 g/mol. The molecule has 0 unspecified atom stereocenters. The third-order valence-electron chi connectivity index (χ3n) is 2.18. The highest BCUT2D eigenvalue weighted by atomic mass is 16.5. The molecule has 0 bridgehead atoms. The summed E-state index contributed by atoms with van der Waals surface area (Å²) in [5.41, 5.74) is 2.46. The third-order valence-corrected chi connectivity index (χ3v) is 2.18. The minimum Gasteiger partial charge on any atom is -0.478 e. The van der Waals surface area contributed by atoms with Crippen LogP contribution in [0.4, 0.5) is 5.69 Å². The zero-order valence-corrected chi connectivity index (χ0v) is 10.7. The van der Waals surface area contributed by atoms with Crippen molar-refractivity contribution in [1.29, 1.82) is 0 Å². The molecule has 18 heavy (non-hydrogen) atoms. The van der Waals surface area contributed by atoms with Gasteiger partial charge in [0.15, 0.2) is 0 Å². The second kappa shape index (κ2) is 6.76. The maximum atomic E-state index is 11.0. The number of aromatic nitrogens is 1. The van der Waals surface area contributed by atoms with E-state index in [-0.39, 0.29) is 5.56 Å². The van der Waals surface area contributed by atoms with E-state index in [9.17, 15) is 4.79 Å². The Balaban J connectivity index is 2.53. The number of carbonyl (C=O) groups is 1. The largest absolute Gasteiger partial charge is 0.478 e. The second-order valence-electron chi connectivity index (χ2n) is 4.11. The molecule has 0 saturated heterocycles. The predicted octanol–water partition coefficient (Wildman–Crippen LogP) is 2.09. The first-order valence-corrected chi connectivity index (χ1v) is 5.66. The molecule has 1 rings (SSSR count). The molecule has 98 valence electrons.